The maximum absolute atomic E-state index is 11.8. The number of nitrogens with zero attached hydrogens (tertiary/aromatic N) is 2. The summed E-state index contributed by atoms with van der Waals surface area (Å²) in [6.07, 6.45) is 4.23. The van der Waals surface area contributed by atoms with Gasteiger partial charge in [0.15, 0.2) is 0 Å². The standard InChI is InChI=1S/C19H25N3O4/c1-14-7-9-15(10-8-14)19-22-21-17(26-19)12-11-16(23)20-13-5-3-2-4-6-18(24)25/h7-10H,2-6,11-13H2,1H3,(H,20,23)(H,24,25). The van der Waals surface area contributed by atoms with E-state index in [0.29, 0.717) is 37.6 Å². The van der Waals surface area contributed by atoms with Crippen LogP contribution in [-0.2, 0) is 16.0 Å². The molecule has 1 amide bonds. The van der Waals surface area contributed by atoms with Gasteiger partial charge in [0, 0.05) is 31.4 Å². The molecule has 0 saturated carbocycles. The Hall–Kier alpha value is -2.70. The van der Waals surface area contributed by atoms with E-state index in [2.05, 4.69) is 15.5 Å². The van der Waals surface area contributed by atoms with E-state index in [1.165, 1.54) is 0 Å². The van der Waals surface area contributed by atoms with Crippen molar-refractivity contribution in [2.45, 2.75) is 51.9 Å². The van der Waals surface area contributed by atoms with Crippen LogP contribution in [0, 0.1) is 6.92 Å². The van der Waals surface area contributed by atoms with E-state index >= 15 is 0 Å². The Labute approximate surface area is 152 Å². The van der Waals surface area contributed by atoms with Crippen molar-refractivity contribution in [1.29, 1.82) is 0 Å². The Balaban J connectivity index is 1.62. The summed E-state index contributed by atoms with van der Waals surface area (Å²) < 4.78 is 5.60. The molecule has 0 fully saturated rings. The maximum Gasteiger partial charge on any atom is 0.303 e. The van der Waals surface area contributed by atoms with Crippen LogP contribution >= 0.6 is 0 Å². The number of unbranched alkanes of at least 4 members (excludes halogenated alkanes) is 3. The molecule has 7 nitrogen and oxygen atoms in total. The smallest absolute Gasteiger partial charge is 0.303 e. The molecule has 2 rings (SSSR count). The summed E-state index contributed by atoms with van der Waals surface area (Å²) >= 11 is 0. The Morgan fingerprint density at radius 1 is 1.04 bits per heavy atom. The third-order valence-corrected chi connectivity index (χ3v) is 3.97. The van der Waals surface area contributed by atoms with Crippen LogP contribution in [0.15, 0.2) is 28.7 Å². The van der Waals surface area contributed by atoms with Crippen LogP contribution in [0.5, 0.6) is 0 Å². The number of hydrogen-bond donors (Lipinski definition) is 2. The first-order valence-corrected chi connectivity index (χ1v) is 8.92. The van der Waals surface area contributed by atoms with Gasteiger partial charge in [0.25, 0.3) is 0 Å². The third kappa shape index (κ3) is 7.04. The fourth-order valence-electron chi connectivity index (χ4n) is 2.46. The van der Waals surface area contributed by atoms with E-state index in [1.807, 2.05) is 31.2 Å². The largest absolute Gasteiger partial charge is 0.481 e. The quantitative estimate of drug-likeness (QED) is 0.597. The molecule has 0 atom stereocenters. The predicted molar refractivity (Wildman–Crippen MR) is 96.5 cm³/mol. The molecule has 0 aliphatic heterocycles. The first kappa shape index (κ1) is 19.6. The Morgan fingerprint density at radius 2 is 1.77 bits per heavy atom. The topological polar surface area (TPSA) is 105 Å². The van der Waals surface area contributed by atoms with Crippen LogP contribution in [0.25, 0.3) is 11.5 Å². The molecule has 0 unspecified atom stereocenters. The molecule has 2 aromatic rings. The number of aryl methyl sites for hydroxylation is 2. The van der Waals surface area contributed by atoms with Gasteiger partial charge >= 0.3 is 5.97 Å². The summed E-state index contributed by atoms with van der Waals surface area (Å²) in [7, 11) is 0. The van der Waals surface area contributed by atoms with E-state index in [-0.39, 0.29) is 12.3 Å². The average molecular weight is 359 g/mol. The highest BCUT2D eigenvalue weighted by Gasteiger charge is 2.10. The van der Waals surface area contributed by atoms with Gasteiger partial charge in [-0.1, -0.05) is 30.5 Å². The third-order valence-electron chi connectivity index (χ3n) is 3.97. The summed E-state index contributed by atoms with van der Waals surface area (Å²) in [6.45, 7) is 2.61. The Morgan fingerprint density at radius 3 is 2.50 bits per heavy atom. The number of rotatable bonds is 11. The molecule has 7 heteroatoms. The lowest BCUT2D eigenvalue weighted by atomic mass is 10.1. The number of nitrogens with one attached hydrogen (secondary N) is 1. The second-order valence-electron chi connectivity index (χ2n) is 6.27. The molecule has 1 aromatic carbocycles. The van der Waals surface area contributed by atoms with Crippen LogP contribution in [0.3, 0.4) is 0 Å². The molecule has 26 heavy (non-hydrogen) atoms. The summed E-state index contributed by atoms with van der Waals surface area (Å²) in [4.78, 5) is 22.2. The lowest BCUT2D eigenvalue weighted by molar-refractivity contribution is -0.137. The van der Waals surface area contributed by atoms with Crippen molar-refractivity contribution in [1.82, 2.24) is 15.5 Å². The number of benzene rings is 1. The second-order valence-corrected chi connectivity index (χ2v) is 6.27. The molecule has 140 valence electrons. The van der Waals surface area contributed by atoms with Gasteiger partial charge in [-0.05, 0) is 31.9 Å². The molecular formula is C19H25N3O4. The van der Waals surface area contributed by atoms with Gasteiger partial charge in [-0.2, -0.15) is 0 Å². The van der Waals surface area contributed by atoms with Crippen molar-refractivity contribution in [2.75, 3.05) is 6.54 Å². The van der Waals surface area contributed by atoms with Gasteiger partial charge in [-0.15, -0.1) is 10.2 Å². The number of carbonyl (C=O) groups is 2. The van der Waals surface area contributed by atoms with E-state index in [0.717, 1.165) is 30.4 Å². The first-order chi connectivity index (χ1) is 12.5. The highest BCUT2D eigenvalue weighted by atomic mass is 16.4. The minimum atomic E-state index is -0.759. The highest BCUT2D eigenvalue weighted by Crippen LogP contribution is 2.18. The Kier molecular flexibility index (Phi) is 7.79. The van der Waals surface area contributed by atoms with Crippen LogP contribution in [-0.4, -0.2) is 33.7 Å². The average Bonchev–Trinajstić information content (AvgIpc) is 3.08. The van der Waals surface area contributed by atoms with Crippen molar-refractivity contribution < 1.29 is 19.1 Å². The zero-order chi connectivity index (χ0) is 18.8. The summed E-state index contributed by atoms with van der Waals surface area (Å²) in [5, 5.41) is 19.4. The van der Waals surface area contributed by atoms with Crippen molar-refractivity contribution in [2.24, 2.45) is 0 Å². The minimum absolute atomic E-state index is 0.0504. The van der Waals surface area contributed by atoms with Crippen LogP contribution in [0.1, 0.15) is 50.0 Å². The van der Waals surface area contributed by atoms with Crippen molar-refractivity contribution >= 4 is 11.9 Å². The summed E-state index contributed by atoms with van der Waals surface area (Å²) in [5.41, 5.74) is 2.02. The number of carboxylic acids is 1. The molecule has 0 aliphatic rings. The number of carboxylic acid groups (broad SMARTS) is 1. The van der Waals surface area contributed by atoms with Crippen molar-refractivity contribution in [3.8, 4) is 11.5 Å². The molecule has 0 radical (unpaired) electrons. The number of carbonyl (C=O) groups excluding carboxylic acids is 1. The van der Waals surface area contributed by atoms with E-state index < -0.39 is 5.97 Å². The van der Waals surface area contributed by atoms with Crippen molar-refractivity contribution in [3.05, 3.63) is 35.7 Å². The molecule has 1 heterocycles. The first-order valence-electron chi connectivity index (χ1n) is 8.92. The molecule has 0 saturated heterocycles. The van der Waals surface area contributed by atoms with Crippen LogP contribution in [0.4, 0.5) is 0 Å². The zero-order valence-electron chi connectivity index (χ0n) is 15.0. The van der Waals surface area contributed by atoms with Gasteiger partial charge in [0.05, 0.1) is 0 Å². The summed E-state index contributed by atoms with van der Waals surface area (Å²) in [6, 6.07) is 7.81. The summed E-state index contributed by atoms with van der Waals surface area (Å²) in [5.74, 6) is 0.0988. The lowest BCUT2D eigenvalue weighted by Gasteiger charge is -2.04. The van der Waals surface area contributed by atoms with E-state index in [1.54, 1.807) is 0 Å². The minimum Gasteiger partial charge on any atom is -0.481 e. The molecule has 1 aromatic heterocycles. The molecular weight excluding hydrogens is 334 g/mol. The van der Waals surface area contributed by atoms with Gasteiger partial charge in [0.1, 0.15) is 0 Å². The maximum atomic E-state index is 11.8. The number of amides is 1. The number of hydrogen-bond acceptors (Lipinski definition) is 5. The van der Waals surface area contributed by atoms with Gasteiger partial charge in [-0.25, -0.2) is 0 Å². The van der Waals surface area contributed by atoms with Crippen LogP contribution < -0.4 is 5.32 Å². The normalized spacial score (nSPS) is 10.7. The van der Waals surface area contributed by atoms with Crippen LogP contribution in [0.2, 0.25) is 0 Å². The lowest BCUT2D eigenvalue weighted by Crippen LogP contribution is -2.24. The molecule has 2 N–H and O–H groups in total. The fourth-order valence-corrected chi connectivity index (χ4v) is 2.46. The monoisotopic (exact) mass is 359 g/mol. The molecule has 0 spiro atoms. The van der Waals surface area contributed by atoms with E-state index in [4.69, 9.17) is 9.52 Å². The van der Waals surface area contributed by atoms with Gasteiger partial charge < -0.3 is 14.8 Å². The van der Waals surface area contributed by atoms with E-state index in [9.17, 15) is 9.59 Å². The SMILES string of the molecule is Cc1ccc(-c2nnc(CCC(=O)NCCCCCCC(=O)O)o2)cc1. The second kappa shape index (κ2) is 10.3. The fraction of sp³-hybridized carbons (Fsp3) is 0.474. The van der Waals surface area contributed by atoms with Gasteiger partial charge in [0.2, 0.25) is 17.7 Å². The van der Waals surface area contributed by atoms with Gasteiger partial charge in [-0.3, -0.25) is 9.59 Å². The highest BCUT2D eigenvalue weighted by molar-refractivity contribution is 5.75. The number of aliphatic carboxylic acids is 1. The molecule has 0 bridgehead atoms. The predicted octanol–water partition coefficient (Wildman–Crippen LogP) is 3.13. The van der Waals surface area contributed by atoms with Crippen molar-refractivity contribution in [3.63, 3.8) is 0 Å². The number of aromatic nitrogens is 2. The Bertz CT molecular complexity index is 710. The zero-order valence-corrected chi connectivity index (χ0v) is 15.0. The molecule has 0 aliphatic carbocycles.